The van der Waals surface area contributed by atoms with Gasteiger partial charge in [0, 0.05) is 23.2 Å². The van der Waals surface area contributed by atoms with Crippen molar-refractivity contribution in [2.45, 2.75) is 13.3 Å². The molecular weight excluding hydrogens is 247 g/mol. The number of nitriles is 1. The van der Waals surface area contributed by atoms with Gasteiger partial charge < -0.3 is 10.1 Å². The van der Waals surface area contributed by atoms with E-state index in [4.69, 9.17) is 10.4 Å². The Bertz CT molecular complexity index is 723. The summed E-state index contributed by atoms with van der Waals surface area (Å²) < 4.78 is 13.5. The Morgan fingerprint density at radius 2 is 2.32 bits per heavy atom. The van der Waals surface area contributed by atoms with E-state index in [2.05, 4.69) is 4.98 Å². The summed E-state index contributed by atoms with van der Waals surface area (Å²) in [6, 6.07) is 4.36. The van der Waals surface area contributed by atoms with Gasteiger partial charge in [0.25, 0.3) is 0 Å². The first-order valence-corrected chi connectivity index (χ1v) is 5.71. The monoisotopic (exact) mass is 258 g/mol. The summed E-state index contributed by atoms with van der Waals surface area (Å²) in [4.78, 5) is 13.7. The minimum Gasteiger partial charge on any atom is -0.478 e. The number of rotatable bonds is 3. The number of aliphatic carboxylic acids is 1. The average molecular weight is 258 g/mol. The number of nitrogens with one attached hydrogen (secondary N) is 1. The van der Waals surface area contributed by atoms with E-state index in [1.807, 2.05) is 13.0 Å². The molecule has 0 aliphatic heterocycles. The molecule has 0 saturated carbocycles. The number of carbonyl (C=O) groups is 1. The maximum atomic E-state index is 13.5. The van der Waals surface area contributed by atoms with Crippen LogP contribution in [0.2, 0.25) is 0 Å². The van der Waals surface area contributed by atoms with E-state index in [0.717, 1.165) is 12.1 Å². The van der Waals surface area contributed by atoms with Crippen LogP contribution in [0.1, 0.15) is 24.5 Å². The van der Waals surface area contributed by atoms with E-state index < -0.39 is 11.8 Å². The summed E-state index contributed by atoms with van der Waals surface area (Å²) in [7, 11) is 0. The molecule has 2 aromatic rings. The van der Waals surface area contributed by atoms with Gasteiger partial charge in [-0.05, 0) is 24.1 Å². The molecule has 0 bridgehead atoms. The third kappa shape index (κ3) is 2.33. The predicted octanol–water partition coefficient (Wildman–Crippen LogP) is 3.06. The molecular formula is C14H11FN2O2. The lowest BCUT2D eigenvalue weighted by Crippen LogP contribution is -1.91. The van der Waals surface area contributed by atoms with E-state index in [1.54, 1.807) is 6.20 Å². The third-order valence-electron chi connectivity index (χ3n) is 2.90. The third-order valence-corrected chi connectivity index (χ3v) is 2.90. The quantitative estimate of drug-likeness (QED) is 0.830. The first kappa shape index (κ1) is 12.8. The summed E-state index contributed by atoms with van der Waals surface area (Å²) in [5.41, 5.74) is 1.90. The number of halogens is 1. The fraction of sp³-hybridized carbons (Fsp3) is 0.143. The number of hydrogen-bond acceptors (Lipinski definition) is 2. The number of nitrogens with zero attached hydrogens (tertiary/aromatic N) is 1. The molecule has 1 aromatic heterocycles. The lowest BCUT2D eigenvalue weighted by molar-refractivity contribution is -0.131. The van der Waals surface area contributed by atoms with Gasteiger partial charge in [-0.25, -0.2) is 9.18 Å². The Balaban J connectivity index is 2.73. The number of aromatic nitrogens is 1. The van der Waals surface area contributed by atoms with Crippen LogP contribution in [0.4, 0.5) is 4.39 Å². The Morgan fingerprint density at radius 3 is 2.89 bits per heavy atom. The first-order valence-electron chi connectivity index (χ1n) is 5.71. The fourth-order valence-corrected chi connectivity index (χ4v) is 2.07. The molecule has 0 atom stereocenters. The van der Waals surface area contributed by atoms with E-state index in [9.17, 15) is 9.18 Å². The molecule has 0 aliphatic carbocycles. The number of benzene rings is 1. The van der Waals surface area contributed by atoms with Crippen molar-refractivity contribution in [2.75, 3.05) is 0 Å². The molecule has 0 radical (unpaired) electrons. The number of hydrogen-bond donors (Lipinski definition) is 2. The Morgan fingerprint density at radius 1 is 1.58 bits per heavy atom. The zero-order chi connectivity index (χ0) is 14.0. The van der Waals surface area contributed by atoms with Crippen LogP contribution in [0.25, 0.3) is 16.5 Å². The number of allylic oxidation sites excluding steroid dienone is 1. The van der Waals surface area contributed by atoms with Crippen LogP contribution < -0.4 is 0 Å². The largest absolute Gasteiger partial charge is 0.478 e. The van der Waals surface area contributed by atoms with Crippen molar-refractivity contribution in [3.8, 4) is 6.07 Å². The summed E-state index contributed by atoms with van der Waals surface area (Å²) in [5, 5.41) is 18.3. The van der Waals surface area contributed by atoms with Crippen molar-refractivity contribution in [1.29, 1.82) is 5.26 Å². The maximum Gasteiger partial charge on any atom is 0.328 e. The van der Waals surface area contributed by atoms with Crippen LogP contribution >= 0.6 is 0 Å². The topological polar surface area (TPSA) is 76.9 Å². The number of H-pyrrole nitrogens is 1. The van der Waals surface area contributed by atoms with E-state index in [1.165, 1.54) is 6.07 Å². The minimum atomic E-state index is -1.05. The van der Waals surface area contributed by atoms with Gasteiger partial charge in [0.15, 0.2) is 0 Å². The molecule has 0 unspecified atom stereocenters. The second-order valence-corrected chi connectivity index (χ2v) is 4.05. The standard InChI is InChI=1S/C14H11FN2O2/c1-2-8(4-13(18)19)12-7-17-14-9(6-16)3-10(15)5-11(12)14/h3-5,7,17H,2H2,1H3,(H,18,19)/b8-4+. The molecule has 0 amide bonds. The summed E-state index contributed by atoms with van der Waals surface area (Å²) in [6.45, 7) is 1.82. The van der Waals surface area contributed by atoms with Crippen LogP contribution in [-0.2, 0) is 4.79 Å². The Labute approximate surface area is 108 Å². The highest BCUT2D eigenvalue weighted by molar-refractivity contribution is 5.99. The molecule has 19 heavy (non-hydrogen) atoms. The van der Waals surface area contributed by atoms with Crippen LogP contribution in [0, 0.1) is 17.1 Å². The van der Waals surface area contributed by atoms with E-state index in [0.29, 0.717) is 28.5 Å². The van der Waals surface area contributed by atoms with Gasteiger partial charge in [0.05, 0.1) is 11.1 Å². The van der Waals surface area contributed by atoms with E-state index in [-0.39, 0.29) is 5.56 Å². The van der Waals surface area contributed by atoms with Crippen LogP contribution in [0.3, 0.4) is 0 Å². The lowest BCUT2D eigenvalue weighted by Gasteiger charge is -2.02. The minimum absolute atomic E-state index is 0.201. The molecule has 0 saturated heterocycles. The molecule has 1 heterocycles. The van der Waals surface area contributed by atoms with Crippen molar-refractivity contribution < 1.29 is 14.3 Å². The van der Waals surface area contributed by atoms with Gasteiger partial charge in [-0.2, -0.15) is 5.26 Å². The summed E-state index contributed by atoms with van der Waals surface area (Å²) in [6.07, 6.45) is 3.19. The summed E-state index contributed by atoms with van der Waals surface area (Å²) in [5.74, 6) is -1.57. The highest BCUT2D eigenvalue weighted by Gasteiger charge is 2.13. The molecule has 2 rings (SSSR count). The van der Waals surface area contributed by atoms with Crippen LogP contribution in [0.15, 0.2) is 24.4 Å². The number of carboxylic acids is 1. The van der Waals surface area contributed by atoms with Gasteiger partial charge in [-0.3, -0.25) is 0 Å². The summed E-state index contributed by atoms with van der Waals surface area (Å²) >= 11 is 0. The first-order chi connectivity index (χ1) is 9.06. The average Bonchev–Trinajstić information content (AvgIpc) is 2.78. The normalized spacial score (nSPS) is 11.5. The van der Waals surface area contributed by atoms with Crippen molar-refractivity contribution in [2.24, 2.45) is 0 Å². The van der Waals surface area contributed by atoms with Gasteiger partial charge in [-0.1, -0.05) is 6.92 Å². The van der Waals surface area contributed by atoms with Crippen LogP contribution in [0.5, 0.6) is 0 Å². The Kier molecular flexibility index (Phi) is 3.34. The zero-order valence-electron chi connectivity index (χ0n) is 10.2. The van der Waals surface area contributed by atoms with Gasteiger partial charge in [0.1, 0.15) is 11.9 Å². The van der Waals surface area contributed by atoms with Crippen molar-refractivity contribution in [3.05, 3.63) is 41.3 Å². The van der Waals surface area contributed by atoms with Crippen molar-refractivity contribution in [1.82, 2.24) is 4.98 Å². The SMILES string of the molecule is CC/C(=C\C(=O)O)c1c[nH]c2c(C#N)cc(F)cc12. The molecule has 1 aromatic carbocycles. The molecule has 2 N–H and O–H groups in total. The molecule has 4 nitrogen and oxygen atoms in total. The highest BCUT2D eigenvalue weighted by Crippen LogP contribution is 2.29. The fourth-order valence-electron chi connectivity index (χ4n) is 2.07. The van der Waals surface area contributed by atoms with Gasteiger partial charge in [0.2, 0.25) is 0 Å². The maximum absolute atomic E-state index is 13.5. The molecule has 0 spiro atoms. The van der Waals surface area contributed by atoms with Crippen molar-refractivity contribution >= 4 is 22.4 Å². The van der Waals surface area contributed by atoms with Crippen molar-refractivity contribution in [3.63, 3.8) is 0 Å². The highest BCUT2D eigenvalue weighted by atomic mass is 19.1. The number of aromatic amines is 1. The smallest absolute Gasteiger partial charge is 0.328 e. The molecule has 5 heteroatoms. The number of carboxylic acid groups (broad SMARTS) is 1. The molecule has 0 aliphatic rings. The molecule has 0 fully saturated rings. The molecule has 96 valence electrons. The zero-order valence-corrected chi connectivity index (χ0v) is 10.2. The lowest BCUT2D eigenvalue weighted by atomic mass is 10.0. The second-order valence-electron chi connectivity index (χ2n) is 4.05. The number of fused-ring (bicyclic) bond motifs is 1. The van der Waals surface area contributed by atoms with Gasteiger partial charge >= 0.3 is 5.97 Å². The van der Waals surface area contributed by atoms with Crippen LogP contribution in [-0.4, -0.2) is 16.1 Å². The second kappa shape index (κ2) is 4.94. The Hall–Kier alpha value is -2.61. The van der Waals surface area contributed by atoms with Gasteiger partial charge in [-0.15, -0.1) is 0 Å². The van der Waals surface area contributed by atoms with E-state index >= 15 is 0 Å². The predicted molar refractivity (Wildman–Crippen MR) is 68.9 cm³/mol.